The van der Waals surface area contributed by atoms with Crippen molar-refractivity contribution < 1.29 is 4.42 Å². The third-order valence-corrected chi connectivity index (χ3v) is 12.4. The van der Waals surface area contributed by atoms with Gasteiger partial charge in [0.25, 0.3) is 0 Å². The van der Waals surface area contributed by atoms with Crippen LogP contribution >= 0.6 is 0 Å². The Hall–Kier alpha value is -8.20. The zero-order chi connectivity index (χ0) is 41.0. The molecule has 0 unspecified atom stereocenters. The van der Waals surface area contributed by atoms with E-state index in [-0.39, 0.29) is 0 Å². The summed E-state index contributed by atoms with van der Waals surface area (Å²) in [6.07, 6.45) is 0. The first-order valence-electron chi connectivity index (χ1n) is 21.2. The Morgan fingerprint density at radius 2 is 0.855 bits per heavy atom. The molecule has 12 aromatic rings. The molecule has 0 aliphatic heterocycles. The van der Waals surface area contributed by atoms with E-state index in [1.807, 2.05) is 6.07 Å². The van der Waals surface area contributed by atoms with Gasteiger partial charge in [-0.1, -0.05) is 194 Å². The van der Waals surface area contributed by atoms with E-state index in [0.29, 0.717) is 0 Å². The number of benzene rings is 11. The first kappa shape index (κ1) is 35.7. The fourth-order valence-corrected chi connectivity index (χ4v) is 9.52. The van der Waals surface area contributed by atoms with Crippen LogP contribution < -0.4 is 4.90 Å². The highest BCUT2D eigenvalue weighted by Gasteiger charge is 2.21. The van der Waals surface area contributed by atoms with Crippen LogP contribution in [0.1, 0.15) is 0 Å². The van der Waals surface area contributed by atoms with Gasteiger partial charge in [0.2, 0.25) is 0 Å². The zero-order valence-electron chi connectivity index (χ0n) is 33.9. The molecule has 0 aliphatic rings. The SMILES string of the molecule is c1ccc(-c2ccc(-c3cccc4ccccc34)cc2N(c2ccc(-c3cc4ccccc4c4ccccc34)cc2)c2cccc(-c3cccc4c3oc3ccccc34)c2)cc1. The van der Waals surface area contributed by atoms with Crippen molar-refractivity contribution in [2.45, 2.75) is 0 Å². The molecule has 0 radical (unpaired) electrons. The van der Waals surface area contributed by atoms with Gasteiger partial charge in [-0.2, -0.15) is 0 Å². The summed E-state index contributed by atoms with van der Waals surface area (Å²) >= 11 is 0. The molecule has 12 rings (SSSR count). The fourth-order valence-electron chi connectivity index (χ4n) is 9.52. The van der Waals surface area contributed by atoms with Crippen molar-refractivity contribution in [1.29, 1.82) is 0 Å². The molecule has 0 atom stereocenters. The quantitative estimate of drug-likeness (QED) is 0.150. The fraction of sp³-hybridized carbons (Fsp3) is 0. The van der Waals surface area contributed by atoms with Gasteiger partial charge in [0.1, 0.15) is 11.2 Å². The Labute approximate surface area is 360 Å². The largest absolute Gasteiger partial charge is 0.455 e. The van der Waals surface area contributed by atoms with Crippen molar-refractivity contribution in [1.82, 2.24) is 0 Å². The van der Waals surface area contributed by atoms with Crippen molar-refractivity contribution in [3.05, 3.63) is 237 Å². The minimum atomic E-state index is 0.893. The predicted octanol–water partition coefficient (Wildman–Crippen LogP) is 17.2. The first-order chi connectivity index (χ1) is 30.7. The number of furan rings is 1. The van der Waals surface area contributed by atoms with E-state index in [1.165, 1.54) is 49.0 Å². The maximum atomic E-state index is 6.58. The van der Waals surface area contributed by atoms with E-state index in [4.69, 9.17) is 4.42 Å². The number of nitrogens with zero attached hydrogens (tertiary/aromatic N) is 1. The molecule has 290 valence electrons. The van der Waals surface area contributed by atoms with Gasteiger partial charge in [0.15, 0.2) is 0 Å². The summed E-state index contributed by atoms with van der Waals surface area (Å²) < 4.78 is 6.58. The second-order valence-electron chi connectivity index (χ2n) is 16.0. The normalized spacial score (nSPS) is 11.5. The monoisotopic (exact) mass is 789 g/mol. The lowest BCUT2D eigenvalue weighted by molar-refractivity contribution is 0.670. The van der Waals surface area contributed by atoms with E-state index in [0.717, 1.165) is 66.8 Å². The maximum absolute atomic E-state index is 6.58. The summed E-state index contributed by atoms with van der Waals surface area (Å²) in [5.74, 6) is 0. The molecule has 0 bridgehead atoms. The van der Waals surface area contributed by atoms with Gasteiger partial charge < -0.3 is 9.32 Å². The van der Waals surface area contributed by atoms with Gasteiger partial charge in [-0.05, 0) is 108 Å². The molecule has 0 fully saturated rings. The highest BCUT2D eigenvalue weighted by molar-refractivity contribution is 6.14. The van der Waals surface area contributed by atoms with E-state index >= 15 is 0 Å². The molecule has 0 aliphatic carbocycles. The minimum absolute atomic E-state index is 0.893. The van der Waals surface area contributed by atoms with Gasteiger partial charge in [-0.3, -0.25) is 0 Å². The summed E-state index contributed by atoms with van der Waals surface area (Å²) in [7, 11) is 0. The van der Waals surface area contributed by atoms with Crippen LogP contribution in [-0.2, 0) is 0 Å². The minimum Gasteiger partial charge on any atom is -0.455 e. The average Bonchev–Trinajstić information content (AvgIpc) is 3.73. The van der Waals surface area contributed by atoms with Crippen molar-refractivity contribution in [3.8, 4) is 44.5 Å². The topological polar surface area (TPSA) is 16.4 Å². The van der Waals surface area contributed by atoms with Crippen LogP contribution in [0, 0.1) is 0 Å². The van der Waals surface area contributed by atoms with Crippen molar-refractivity contribution in [2.24, 2.45) is 0 Å². The average molecular weight is 790 g/mol. The van der Waals surface area contributed by atoms with Gasteiger partial charge in [-0.25, -0.2) is 0 Å². The predicted molar refractivity (Wildman–Crippen MR) is 263 cm³/mol. The molecule has 0 saturated carbocycles. The van der Waals surface area contributed by atoms with Crippen LogP contribution in [0.2, 0.25) is 0 Å². The Morgan fingerprint density at radius 1 is 0.274 bits per heavy atom. The third kappa shape index (κ3) is 6.04. The summed E-state index contributed by atoms with van der Waals surface area (Å²) in [6.45, 7) is 0. The summed E-state index contributed by atoms with van der Waals surface area (Å²) in [4.78, 5) is 2.43. The van der Waals surface area contributed by atoms with Gasteiger partial charge in [0.05, 0.1) is 5.69 Å². The highest BCUT2D eigenvalue weighted by Crippen LogP contribution is 2.46. The Bertz CT molecular complexity index is 3630. The Morgan fingerprint density at radius 3 is 1.71 bits per heavy atom. The van der Waals surface area contributed by atoms with E-state index < -0.39 is 0 Å². The Kier molecular flexibility index (Phi) is 8.53. The molecule has 11 aromatic carbocycles. The highest BCUT2D eigenvalue weighted by atomic mass is 16.3. The maximum Gasteiger partial charge on any atom is 0.143 e. The third-order valence-electron chi connectivity index (χ3n) is 12.4. The van der Waals surface area contributed by atoms with Gasteiger partial charge in [-0.15, -0.1) is 0 Å². The molecular weight excluding hydrogens is 751 g/mol. The van der Waals surface area contributed by atoms with Crippen LogP contribution in [0.25, 0.3) is 98.8 Å². The summed E-state index contributed by atoms with van der Waals surface area (Å²) in [5, 5.41) is 9.71. The van der Waals surface area contributed by atoms with Gasteiger partial charge in [0, 0.05) is 33.3 Å². The molecular formula is C60H39NO. The lowest BCUT2D eigenvalue weighted by Gasteiger charge is -2.29. The number of para-hydroxylation sites is 2. The van der Waals surface area contributed by atoms with Gasteiger partial charge >= 0.3 is 0 Å². The van der Waals surface area contributed by atoms with Crippen LogP contribution in [0.5, 0.6) is 0 Å². The Balaban J connectivity index is 1.08. The van der Waals surface area contributed by atoms with E-state index in [9.17, 15) is 0 Å². The number of hydrogen-bond acceptors (Lipinski definition) is 2. The molecule has 0 amide bonds. The smallest absolute Gasteiger partial charge is 0.143 e. The molecule has 0 saturated heterocycles. The van der Waals surface area contributed by atoms with Crippen molar-refractivity contribution in [2.75, 3.05) is 4.90 Å². The second kappa shape index (κ2) is 14.8. The molecule has 62 heavy (non-hydrogen) atoms. The summed E-state index contributed by atoms with van der Waals surface area (Å²) in [6, 6.07) is 85.6. The van der Waals surface area contributed by atoms with Crippen molar-refractivity contribution in [3.63, 3.8) is 0 Å². The van der Waals surface area contributed by atoms with E-state index in [2.05, 4.69) is 235 Å². The van der Waals surface area contributed by atoms with Crippen LogP contribution in [0.4, 0.5) is 17.1 Å². The number of rotatable bonds is 7. The molecule has 2 heteroatoms. The van der Waals surface area contributed by atoms with Crippen LogP contribution in [0.3, 0.4) is 0 Å². The van der Waals surface area contributed by atoms with E-state index in [1.54, 1.807) is 0 Å². The first-order valence-corrected chi connectivity index (χ1v) is 21.2. The number of anilines is 3. The summed E-state index contributed by atoms with van der Waals surface area (Å²) in [5.41, 5.74) is 14.2. The molecule has 2 nitrogen and oxygen atoms in total. The molecule has 0 N–H and O–H groups in total. The standard InChI is InChI=1S/C60H39NO/c1-2-15-41(16-3-1)51-36-33-45(49-27-13-19-40-17-4-6-22-48(40)49)39-58(51)61(47-21-12-20-43(37-47)52-28-14-29-56-55-26-10-11-30-59(55)62-60(52)56)46-34-31-42(32-35-46)57-38-44-18-5-7-23-50(44)53-24-8-9-25-54(53)57/h1-39H. The number of hydrogen-bond donors (Lipinski definition) is 0. The lowest BCUT2D eigenvalue weighted by atomic mass is 9.92. The molecule has 1 aromatic heterocycles. The van der Waals surface area contributed by atoms with Crippen molar-refractivity contribution >= 4 is 71.3 Å². The van der Waals surface area contributed by atoms with Crippen LogP contribution in [0.15, 0.2) is 241 Å². The lowest BCUT2D eigenvalue weighted by Crippen LogP contribution is -2.11. The van der Waals surface area contributed by atoms with Crippen LogP contribution in [-0.4, -0.2) is 0 Å². The number of fused-ring (bicyclic) bond motifs is 7. The molecule has 1 heterocycles. The molecule has 0 spiro atoms. The zero-order valence-corrected chi connectivity index (χ0v) is 33.9. The second-order valence-corrected chi connectivity index (χ2v) is 16.0.